The lowest BCUT2D eigenvalue weighted by Gasteiger charge is -2.23. The number of carbonyl (C=O) groups is 1. The topological polar surface area (TPSA) is 95.1 Å². The highest BCUT2D eigenvalue weighted by Crippen LogP contribution is 2.45. The molecule has 6 rings (SSSR count). The van der Waals surface area contributed by atoms with Crippen molar-refractivity contribution in [2.24, 2.45) is 7.05 Å². The molecule has 2 aromatic heterocycles. The number of fused-ring (bicyclic) bond motifs is 1. The van der Waals surface area contributed by atoms with Crippen molar-refractivity contribution in [3.63, 3.8) is 0 Å². The standard InChI is InChI=1S/C26H27N5O3/c1-30-22(28-25(29-30)17-7-9-18(10-8-17)26(32)33)14-19-11-12-21-20(24(19)16-5-6-16)15-27-31(21)23-4-2-3-13-34-23/h7-12,15-16,23H,2-6,13-14H2,1H3,(H,32,33). The van der Waals surface area contributed by atoms with E-state index in [9.17, 15) is 4.79 Å². The Kier molecular flexibility index (Phi) is 5.17. The quantitative estimate of drug-likeness (QED) is 0.451. The summed E-state index contributed by atoms with van der Waals surface area (Å²) in [4.78, 5) is 15.9. The number of hydrogen-bond donors (Lipinski definition) is 1. The van der Waals surface area contributed by atoms with E-state index in [0.717, 1.165) is 36.4 Å². The van der Waals surface area contributed by atoms with Gasteiger partial charge in [0.25, 0.3) is 0 Å². The van der Waals surface area contributed by atoms with Crippen molar-refractivity contribution >= 4 is 16.9 Å². The molecule has 1 atom stereocenters. The molecule has 1 aliphatic carbocycles. The minimum atomic E-state index is -0.942. The van der Waals surface area contributed by atoms with E-state index in [1.54, 1.807) is 24.3 Å². The number of aromatic carboxylic acids is 1. The van der Waals surface area contributed by atoms with Crippen molar-refractivity contribution in [2.75, 3.05) is 6.61 Å². The van der Waals surface area contributed by atoms with Crippen molar-refractivity contribution in [1.82, 2.24) is 24.5 Å². The summed E-state index contributed by atoms with van der Waals surface area (Å²) in [6, 6.07) is 11.1. The Morgan fingerprint density at radius 1 is 1.12 bits per heavy atom. The number of benzene rings is 2. The van der Waals surface area contributed by atoms with Crippen LogP contribution in [0.1, 0.15) is 71.6 Å². The van der Waals surface area contributed by atoms with E-state index in [1.165, 1.54) is 35.8 Å². The van der Waals surface area contributed by atoms with Crippen LogP contribution in [-0.2, 0) is 18.2 Å². The molecule has 1 saturated heterocycles. The maximum atomic E-state index is 11.1. The van der Waals surface area contributed by atoms with Crippen LogP contribution >= 0.6 is 0 Å². The fourth-order valence-corrected chi connectivity index (χ4v) is 4.97. The zero-order valence-electron chi connectivity index (χ0n) is 19.1. The summed E-state index contributed by atoms with van der Waals surface area (Å²) in [5.74, 6) is 1.11. The third-order valence-corrected chi connectivity index (χ3v) is 6.92. The highest BCUT2D eigenvalue weighted by Gasteiger charge is 2.30. The van der Waals surface area contributed by atoms with Gasteiger partial charge in [0.1, 0.15) is 5.82 Å². The zero-order chi connectivity index (χ0) is 23.2. The van der Waals surface area contributed by atoms with Gasteiger partial charge in [0.15, 0.2) is 12.1 Å². The van der Waals surface area contributed by atoms with Gasteiger partial charge in [0, 0.05) is 31.0 Å². The van der Waals surface area contributed by atoms with Crippen molar-refractivity contribution in [3.8, 4) is 11.4 Å². The first-order valence-corrected chi connectivity index (χ1v) is 11.9. The second kappa shape index (κ2) is 8.36. The molecule has 1 aliphatic heterocycles. The second-order valence-corrected chi connectivity index (χ2v) is 9.29. The molecule has 3 heterocycles. The number of nitrogens with zero attached hydrogens (tertiary/aromatic N) is 5. The molecule has 34 heavy (non-hydrogen) atoms. The summed E-state index contributed by atoms with van der Waals surface area (Å²) >= 11 is 0. The SMILES string of the molecule is Cn1nc(-c2ccc(C(=O)O)cc2)nc1Cc1ccc2c(cnn2C2CCCCO2)c1C1CC1. The number of carboxylic acids is 1. The van der Waals surface area contributed by atoms with Crippen LogP contribution in [0.4, 0.5) is 0 Å². The van der Waals surface area contributed by atoms with E-state index < -0.39 is 5.97 Å². The predicted octanol–water partition coefficient (Wildman–Crippen LogP) is 4.70. The smallest absolute Gasteiger partial charge is 0.335 e. The van der Waals surface area contributed by atoms with Gasteiger partial charge >= 0.3 is 5.97 Å². The third-order valence-electron chi connectivity index (χ3n) is 6.92. The summed E-state index contributed by atoms with van der Waals surface area (Å²) in [5, 5.41) is 19.7. The maximum absolute atomic E-state index is 11.1. The minimum Gasteiger partial charge on any atom is -0.478 e. The molecule has 174 valence electrons. The molecule has 2 aromatic carbocycles. The Bertz CT molecular complexity index is 1360. The van der Waals surface area contributed by atoms with Gasteiger partial charge in [-0.2, -0.15) is 10.2 Å². The number of carboxylic acid groups (broad SMARTS) is 1. The van der Waals surface area contributed by atoms with Crippen LogP contribution in [0.15, 0.2) is 42.6 Å². The van der Waals surface area contributed by atoms with Crippen molar-refractivity contribution in [1.29, 1.82) is 0 Å². The molecule has 0 bridgehead atoms. The van der Waals surface area contributed by atoms with Crippen molar-refractivity contribution < 1.29 is 14.6 Å². The molecule has 4 aromatic rings. The van der Waals surface area contributed by atoms with Crippen LogP contribution in [-0.4, -0.2) is 42.2 Å². The Hall–Kier alpha value is -3.52. The predicted molar refractivity (Wildman–Crippen MR) is 127 cm³/mol. The fraction of sp³-hybridized carbons (Fsp3) is 0.385. The van der Waals surface area contributed by atoms with Gasteiger partial charge in [-0.05, 0) is 67.3 Å². The first-order valence-electron chi connectivity index (χ1n) is 11.9. The normalized spacial score (nSPS) is 18.4. The fourth-order valence-electron chi connectivity index (χ4n) is 4.97. The van der Waals surface area contributed by atoms with Crippen LogP contribution < -0.4 is 0 Å². The first-order chi connectivity index (χ1) is 16.6. The van der Waals surface area contributed by atoms with Gasteiger partial charge in [-0.3, -0.25) is 4.68 Å². The Labute approximate surface area is 197 Å². The lowest BCUT2D eigenvalue weighted by molar-refractivity contribution is -0.0366. The number of aryl methyl sites for hydroxylation is 1. The van der Waals surface area contributed by atoms with Gasteiger partial charge < -0.3 is 9.84 Å². The molecule has 8 nitrogen and oxygen atoms in total. The van der Waals surface area contributed by atoms with E-state index in [2.05, 4.69) is 21.9 Å². The highest BCUT2D eigenvalue weighted by atomic mass is 16.5. The molecular weight excluding hydrogens is 430 g/mol. The molecule has 0 radical (unpaired) electrons. The van der Waals surface area contributed by atoms with E-state index in [-0.39, 0.29) is 11.8 Å². The van der Waals surface area contributed by atoms with Crippen molar-refractivity contribution in [3.05, 3.63) is 65.1 Å². The van der Waals surface area contributed by atoms with Crippen LogP contribution in [0.5, 0.6) is 0 Å². The zero-order valence-corrected chi connectivity index (χ0v) is 19.1. The van der Waals surface area contributed by atoms with E-state index >= 15 is 0 Å². The third kappa shape index (κ3) is 3.77. The molecule has 1 N–H and O–H groups in total. The van der Waals surface area contributed by atoms with Crippen molar-refractivity contribution in [2.45, 2.75) is 50.7 Å². The molecule has 1 saturated carbocycles. The molecule has 1 unspecified atom stereocenters. The Balaban J connectivity index is 1.33. The van der Waals surface area contributed by atoms with Crippen LogP contribution in [0.25, 0.3) is 22.3 Å². The number of aromatic nitrogens is 5. The van der Waals surface area contributed by atoms with E-state index in [1.807, 2.05) is 17.9 Å². The maximum Gasteiger partial charge on any atom is 0.335 e. The number of hydrogen-bond acceptors (Lipinski definition) is 5. The van der Waals surface area contributed by atoms with Crippen LogP contribution in [0.3, 0.4) is 0 Å². The molecule has 2 aliphatic rings. The Morgan fingerprint density at radius 3 is 2.65 bits per heavy atom. The first kappa shape index (κ1) is 21.0. The average Bonchev–Trinajstić information content (AvgIpc) is 3.50. The molecule has 8 heteroatoms. The van der Waals surface area contributed by atoms with Gasteiger partial charge in [-0.25, -0.2) is 14.5 Å². The average molecular weight is 458 g/mol. The van der Waals surface area contributed by atoms with Gasteiger partial charge in [-0.1, -0.05) is 18.2 Å². The summed E-state index contributed by atoms with van der Waals surface area (Å²) in [6.07, 6.45) is 8.43. The molecule has 0 amide bonds. The monoisotopic (exact) mass is 457 g/mol. The van der Waals surface area contributed by atoms with E-state index in [4.69, 9.17) is 19.9 Å². The Morgan fingerprint density at radius 2 is 1.94 bits per heavy atom. The minimum absolute atomic E-state index is 0.0259. The molecule has 0 spiro atoms. The van der Waals surface area contributed by atoms with Crippen LogP contribution in [0, 0.1) is 0 Å². The van der Waals surface area contributed by atoms with Gasteiger partial charge in [0.2, 0.25) is 0 Å². The molecular formula is C26H27N5O3. The lowest BCUT2D eigenvalue weighted by Crippen LogP contribution is -2.19. The second-order valence-electron chi connectivity index (χ2n) is 9.29. The van der Waals surface area contributed by atoms with Gasteiger partial charge in [0.05, 0.1) is 17.3 Å². The molecule has 2 fully saturated rings. The van der Waals surface area contributed by atoms with Crippen LogP contribution in [0.2, 0.25) is 0 Å². The van der Waals surface area contributed by atoms with E-state index in [0.29, 0.717) is 18.2 Å². The highest BCUT2D eigenvalue weighted by molar-refractivity contribution is 5.88. The summed E-state index contributed by atoms with van der Waals surface area (Å²) in [6.45, 7) is 0.799. The largest absolute Gasteiger partial charge is 0.478 e. The summed E-state index contributed by atoms with van der Waals surface area (Å²) in [5.41, 5.74) is 4.85. The summed E-state index contributed by atoms with van der Waals surface area (Å²) < 4.78 is 9.88. The summed E-state index contributed by atoms with van der Waals surface area (Å²) in [7, 11) is 1.91. The van der Waals surface area contributed by atoms with Gasteiger partial charge in [-0.15, -0.1) is 0 Å². The number of ether oxygens (including phenoxy) is 1. The lowest BCUT2D eigenvalue weighted by atomic mass is 9.96. The number of rotatable bonds is 6.